The maximum absolute atomic E-state index is 14.9. The number of ketones is 2. The first kappa shape index (κ1) is 62.7. The SMILES string of the molecule is C[C@@H]1CCCC(=O)C[C@](OCc2ccccc2)(C(F)(F)F)c2nnc(o2)-c2nc(c(C(F)(F)F)cc2N)O1.C[C@@H]1CCCC(=O)C[C@](OCc2ccccc2)(C(F)(F)F)c2nnc(o2)-c2nc(c(C(F)(F)F)cc2NC(=O)OC(C)(C)C)O1. The Labute approximate surface area is 463 Å². The van der Waals surface area contributed by atoms with Gasteiger partial charge >= 0.3 is 30.8 Å². The average Bonchev–Trinajstić information content (AvgIpc) is 4.11. The molecule has 8 rings (SSSR count). The van der Waals surface area contributed by atoms with E-state index in [1.807, 2.05) is 0 Å². The number of nitrogens with one attached hydrogen (secondary N) is 1. The molecular weight excluding hydrogens is 1140 g/mol. The van der Waals surface area contributed by atoms with Crippen molar-refractivity contribution in [2.24, 2.45) is 0 Å². The molecule has 0 radical (unpaired) electrons. The number of carbonyl (C=O) groups excluding carboxylic acids is 3. The summed E-state index contributed by atoms with van der Waals surface area (Å²) in [5.41, 5.74) is -6.43. The number of nitrogens with two attached hydrogens (primary N) is 1. The minimum Gasteiger partial charge on any atom is -0.474 e. The van der Waals surface area contributed by atoms with E-state index >= 15 is 0 Å². The van der Waals surface area contributed by atoms with Gasteiger partial charge in [-0.25, -0.2) is 14.8 Å². The van der Waals surface area contributed by atoms with Crippen molar-refractivity contribution in [2.75, 3.05) is 11.1 Å². The Morgan fingerprint density at radius 3 is 1.45 bits per heavy atom. The van der Waals surface area contributed by atoms with Crippen LogP contribution in [0.2, 0.25) is 0 Å². The number of benzene rings is 2. The van der Waals surface area contributed by atoms with Crippen LogP contribution in [0.15, 0.2) is 81.6 Å². The second-order valence-corrected chi connectivity index (χ2v) is 20.2. The minimum absolute atomic E-state index is 0.000242. The standard InChI is InChI=1S/C29H30F6N4O6.C24H22F6N4O4/c1-16-9-8-12-18(40)14-27(29(33,34)35,42-15-17-10-6-5-7-11-17)24-39-38-23(44-24)21-20(36-25(41)45-26(2,3)4)13-19(28(30,31)32)22(37-21)43-16;1-13-6-5-9-15(35)11-22(24(28,29)30,36-12-14-7-3-2-4-8-14)21-34-33-20(38-21)18-17(31)10-16(23(25,26)27)19(32-18)37-13/h5-7,10-11,13,16H,8-9,12,14-15H2,1-4H3,(H,36,41);2-4,7-8,10,13H,5-6,9,11-12,31H2,1H3/t16-,27-;13-,22-/m11/s1. The van der Waals surface area contributed by atoms with Crippen LogP contribution in [-0.4, -0.2) is 78.2 Å². The van der Waals surface area contributed by atoms with Crippen LogP contribution in [0.4, 0.5) is 68.9 Å². The fourth-order valence-electron chi connectivity index (χ4n) is 8.35. The van der Waals surface area contributed by atoms with Gasteiger partial charge in [0.15, 0.2) is 11.4 Å². The zero-order valence-electron chi connectivity index (χ0n) is 44.5. The van der Waals surface area contributed by atoms with Crippen molar-refractivity contribution in [1.82, 2.24) is 30.4 Å². The van der Waals surface area contributed by atoms with Crippen LogP contribution >= 0.6 is 0 Å². The second kappa shape index (κ2) is 24.5. The zero-order valence-corrected chi connectivity index (χ0v) is 44.5. The monoisotopic (exact) mass is 1190 g/mol. The molecule has 83 heavy (non-hydrogen) atoms. The van der Waals surface area contributed by atoms with E-state index in [1.165, 1.54) is 58.9 Å². The lowest BCUT2D eigenvalue weighted by Crippen LogP contribution is -2.47. The molecule has 0 fully saturated rings. The molecule has 0 aliphatic carbocycles. The number of ether oxygens (including phenoxy) is 5. The molecule has 4 atom stereocenters. The summed E-state index contributed by atoms with van der Waals surface area (Å²) in [6.07, 6.45) is -26.4. The molecule has 6 heterocycles. The molecule has 0 spiro atoms. The van der Waals surface area contributed by atoms with Gasteiger partial charge in [0.05, 0.1) is 49.6 Å². The largest absolute Gasteiger partial charge is 0.474 e. The van der Waals surface area contributed by atoms with Gasteiger partial charge in [-0.2, -0.15) is 52.7 Å². The average molecular weight is 1190 g/mol. The van der Waals surface area contributed by atoms with Crippen molar-refractivity contribution in [1.29, 1.82) is 0 Å². The minimum atomic E-state index is -5.27. The summed E-state index contributed by atoms with van der Waals surface area (Å²) in [5, 5.41) is 16.3. The Morgan fingerprint density at radius 2 is 1.04 bits per heavy atom. The first-order valence-corrected chi connectivity index (χ1v) is 25.2. The van der Waals surface area contributed by atoms with Gasteiger partial charge in [-0.3, -0.25) is 14.9 Å². The van der Waals surface area contributed by atoms with Crippen LogP contribution in [0.3, 0.4) is 0 Å². The summed E-state index contributed by atoms with van der Waals surface area (Å²) in [5.74, 6) is -7.33. The summed E-state index contributed by atoms with van der Waals surface area (Å²) in [4.78, 5) is 46.0. The molecule has 4 aromatic heterocycles. The summed E-state index contributed by atoms with van der Waals surface area (Å²) in [7, 11) is 0. The topological polar surface area (TPSA) is 239 Å². The first-order valence-electron chi connectivity index (χ1n) is 25.2. The third kappa shape index (κ3) is 15.2. The molecule has 30 heteroatoms. The Balaban J connectivity index is 0.000000242. The maximum Gasteiger partial charge on any atom is 0.427 e. The number of carbonyl (C=O) groups is 3. The molecule has 0 saturated carbocycles. The number of amides is 1. The quantitative estimate of drug-likeness (QED) is 0.141. The normalized spacial score (nSPS) is 20.3. The number of nitrogen functional groups attached to an aromatic ring is 1. The van der Waals surface area contributed by atoms with Crippen LogP contribution < -0.4 is 20.5 Å². The lowest BCUT2D eigenvalue weighted by molar-refractivity contribution is -0.297. The van der Waals surface area contributed by atoms with Gasteiger partial charge in [0, 0.05) is 12.8 Å². The van der Waals surface area contributed by atoms with Crippen molar-refractivity contribution in [3.05, 3.63) is 107 Å². The molecule has 0 saturated heterocycles. The van der Waals surface area contributed by atoms with Crippen molar-refractivity contribution in [2.45, 2.75) is 153 Å². The molecule has 2 aliphatic heterocycles. The molecule has 448 valence electrons. The van der Waals surface area contributed by atoms with E-state index in [0.717, 1.165) is 0 Å². The predicted octanol–water partition coefficient (Wildman–Crippen LogP) is 13.0. The number of alkyl halides is 12. The van der Waals surface area contributed by atoms with Gasteiger partial charge in [0.2, 0.25) is 23.0 Å². The molecule has 2 aromatic carbocycles. The fourth-order valence-corrected chi connectivity index (χ4v) is 8.35. The number of aromatic nitrogens is 6. The van der Waals surface area contributed by atoms with Crippen LogP contribution in [0.5, 0.6) is 11.8 Å². The number of hydrogen-bond donors (Lipinski definition) is 2. The summed E-state index contributed by atoms with van der Waals surface area (Å²) >= 11 is 0. The summed E-state index contributed by atoms with van der Waals surface area (Å²) < 4.78 is 210. The Hall–Kier alpha value is -7.89. The number of pyridine rings is 2. The highest BCUT2D eigenvalue weighted by Gasteiger charge is 2.64. The molecule has 18 nitrogen and oxygen atoms in total. The van der Waals surface area contributed by atoms with E-state index in [-0.39, 0.29) is 38.5 Å². The third-order valence-electron chi connectivity index (χ3n) is 12.4. The van der Waals surface area contributed by atoms with E-state index in [2.05, 4.69) is 35.7 Å². The number of halogens is 12. The van der Waals surface area contributed by atoms with E-state index in [9.17, 15) is 67.1 Å². The highest BCUT2D eigenvalue weighted by Crippen LogP contribution is 2.50. The van der Waals surface area contributed by atoms with Crippen LogP contribution in [0, 0.1) is 0 Å². The van der Waals surface area contributed by atoms with Crippen molar-refractivity contribution >= 4 is 29.0 Å². The van der Waals surface area contributed by atoms with Crippen molar-refractivity contribution in [3.63, 3.8) is 0 Å². The number of nitrogens with zero attached hydrogens (tertiary/aromatic N) is 6. The predicted molar refractivity (Wildman–Crippen MR) is 264 cm³/mol. The molecule has 6 aromatic rings. The highest BCUT2D eigenvalue weighted by atomic mass is 19.4. The van der Waals surface area contributed by atoms with E-state index < -0.39 is 167 Å². The Morgan fingerprint density at radius 1 is 0.627 bits per heavy atom. The van der Waals surface area contributed by atoms with Crippen molar-refractivity contribution in [3.8, 4) is 34.9 Å². The van der Waals surface area contributed by atoms with E-state index in [1.54, 1.807) is 36.4 Å². The smallest absolute Gasteiger partial charge is 0.427 e. The first-order chi connectivity index (χ1) is 38.7. The lowest BCUT2D eigenvalue weighted by Gasteiger charge is -2.32. The number of Topliss-reactive ketones (excluding diaryl/α,β-unsaturated/α-hetero) is 2. The Kier molecular flexibility index (Phi) is 18.5. The van der Waals surface area contributed by atoms with Gasteiger partial charge < -0.3 is 38.3 Å². The molecular formula is C53H52F12N8O10. The summed E-state index contributed by atoms with van der Waals surface area (Å²) in [6.45, 7) is 6.22. The zero-order chi connectivity index (χ0) is 60.9. The van der Waals surface area contributed by atoms with Gasteiger partial charge in [-0.15, -0.1) is 20.4 Å². The lowest BCUT2D eigenvalue weighted by atomic mass is 9.93. The van der Waals surface area contributed by atoms with Gasteiger partial charge in [-0.1, -0.05) is 60.7 Å². The Bertz CT molecular complexity index is 3240. The van der Waals surface area contributed by atoms with E-state index in [0.29, 0.717) is 23.3 Å². The number of anilines is 2. The summed E-state index contributed by atoms with van der Waals surface area (Å²) in [6, 6.07) is 16.8. The van der Waals surface area contributed by atoms with Crippen molar-refractivity contribution < 1.29 is 99.6 Å². The second-order valence-electron chi connectivity index (χ2n) is 20.2. The highest BCUT2D eigenvalue weighted by molar-refractivity contribution is 5.90. The van der Waals surface area contributed by atoms with Crippen LogP contribution in [0.25, 0.3) is 23.2 Å². The van der Waals surface area contributed by atoms with Crippen LogP contribution in [0.1, 0.15) is 120 Å². The third-order valence-corrected chi connectivity index (χ3v) is 12.4. The molecule has 3 N–H and O–H groups in total. The van der Waals surface area contributed by atoms with Gasteiger partial charge in [0.25, 0.3) is 23.6 Å². The van der Waals surface area contributed by atoms with Gasteiger partial charge in [-0.05, 0) is 83.6 Å². The maximum atomic E-state index is 14.9. The van der Waals surface area contributed by atoms with Gasteiger partial charge in [0.1, 0.15) is 28.3 Å². The molecule has 1 amide bonds. The number of rotatable bonds is 7. The number of fused-ring (bicyclic) bond motifs is 10. The van der Waals surface area contributed by atoms with Crippen LogP contribution in [-0.2, 0) is 60.6 Å². The van der Waals surface area contributed by atoms with E-state index in [4.69, 9.17) is 38.3 Å². The fraction of sp³-hybridized carbons (Fsp3) is 0.453. The number of hydrogen-bond acceptors (Lipinski definition) is 17. The molecule has 0 unspecified atom stereocenters. The molecule has 2 aliphatic rings. The molecule has 8 bridgehead atoms.